The molecule has 0 aromatic heterocycles. The minimum atomic E-state index is -1.82. The molecule has 136 valence electrons. The van der Waals surface area contributed by atoms with Gasteiger partial charge in [-0.3, -0.25) is 5.73 Å². The van der Waals surface area contributed by atoms with Crippen LogP contribution in [0.15, 0.2) is 30.3 Å². The fourth-order valence-corrected chi connectivity index (χ4v) is 3.05. The number of nitrogens with two attached hydrogens (primary N) is 1. The zero-order valence-corrected chi connectivity index (χ0v) is 14.3. The van der Waals surface area contributed by atoms with Crippen LogP contribution >= 0.6 is 0 Å². The van der Waals surface area contributed by atoms with Crippen molar-refractivity contribution in [1.29, 1.82) is 0 Å². The summed E-state index contributed by atoms with van der Waals surface area (Å²) in [7, 11) is 1.21. The zero-order valence-electron chi connectivity index (χ0n) is 14.3. The zero-order chi connectivity index (χ0) is 18.2. The van der Waals surface area contributed by atoms with Gasteiger partial charge in [-0.1, -0.05) is 18.2 Å². The number of rotatable bonds is 4. The predicted molar refractivity (Wildman–Crippen MR) is 84.4 cm³/mol. The van der Waals surface area contributed by atoms with Crippen LogP contribution < -0.4 is 5.73 Å². The molecule has 1 unspecified atom stereocenters. The van der Waals surface area contributed by atoms with Gasteiger partial charge in [-0.05, 0) is 26.0 Å². The minimum Gasteiger partial charge on any atom is -0.466 e. The molecule has 0 radical (unpaired) electrons. The lowest BCUT2D eigenvalue weighted by Gasteiger charge is -2.28. The Morgan fingerprint density at radius 3 is 2.48 bits per heavy atom. The number of esters is 2. The number of benzene rings is 1. The second-order valence-electron chi connectivity index (χ2n) is 6.43. The summed E-state index contributed by atoms with van der Waals surface area (Å²) in [4.78, 5) is 24.2. The summed E-state index contributed by atoms with van der Waals surface area (Å²) in [5.74, 6) is -2.23. The predicted octanol–water partition coefficient (Wildman–Crippen LogP) is 0.590. The van der Waals surface area contributed by atoms with E-state index < -0.39 is 41.8 Å². The lowest BCUT2D eigenvalue weighted by atomic mass is 10.0. The quantitative estimate of drug-likeness (QED) is 0.786. The van der Waals surface area contributed by atoms with Gasteiger partial charge in [-0.2, -0.15) is 0 Å². The second-order valence-corrected chi connectivity index (χ2v) is 6.43. The van der Waals surface area contributed by atoms with Gasteiger partial charge in [0.25, 0.3) is 0 Å². The van der Waals surface area contributed by atoms with Crippen molar-refractivity contribution in [1.82, 2.24) is 0 Å². The molecule has 2 fully saturated rings. The normalized spacial score (nSPS) is 32.9. The van der Waals surface area contributed by atoms with Crippen molar-refractivity contribution in [3.8, 4) is 0 Å². The average Bonchev–Trinajstić information content (AvgIpc) is 3.05. The smallest absolute Gasteiger partial charge is 0.356 e. The van der Waals surface area contributed by atoms with Gasteiger partial charge in [0.2, 0.25) is 5.72 Å². The summed E-state index contributed by atoms with van der Waals surface area (Å²) in [5, 5.41) is 0. The highest BCUT2D eigenvalue weighted by molar-refractivity contribution is 5.89. The van der Waals surface area contributed by atoms with E-state index in [2.05, 4.69) is 0 Å². The van der Waals surface area contributed by atoms with Crippen molar-refractivity contribution in [2.45, 2.75) is 43.7 Å². The molecule has 2 N–H and O–H groups in total. The van der Waals surface area contributed by atoms with Gasteiger partial charge in [-0.15, -0.1) is 0 Å². The fraction of sp³-hybridized carbons (Fsp3) is 0.529. The monoisotopic (exact) mass is 351 g/mol. The molecule has 0 spiro atoms. The Morgan fingerprint density at radius 1 is 1.16 bits per heavy atom. The van der Waals surface area contributed by atoms with Crippen molar-refractivity contribution in [2.75, 3.05) is 13.7 Å². The molecule has 8 heteroatoms. The van der Waals surface area contributed by atoms with E-state index in [1.165, 1.54) is 7.11 Å². The van der Waals surface area contributed by atoms with Crippen molar-refractivity contribution in [3.05, 3.63) is 35.9 Å². The molecular weight excluding hydrogens is 330 g/mol. The largest absolute Gasteiger partial charge is 0.466 e. The molecule has 2 aliphatic heterocycles. The lowest BCUT2D eigenvalue weighted by molar-refractivity contribution is -0.219. The Bertz CT molecular complexity index is 662. The van der Waals surface area contributed by atoms with Crippen LogP contribution in [0.1, 0.15) is 24.2 Å². The maximum absolute atomic E-state index is 12.1. The Morgan fingerprint density at radius 2 is 1.84 bits per heavy atom. The number of hydrogen-bond donors (Lipinski definition) is 1. The Kier molecular flexibility index (Phi) is 4.54. The van der Waals surface area contributed by atoms with E-state index in [4.69, 9.17) is 29.4 Å². The number of ether oxygens (including phenoxy) is 5. The number of hydrogen-bond acceptors (Lipinski definition) is 8. The van der Waals surface area contributed by atoms with Gasteiger partial charge in [0.05, 0.1) is 12.7 Å². The molecule has 25 heavy (non-hydrogen) atoms. The minimum absolute atomic E-state index is 0.135. The van der Waals surface area contributed by atoms with E-state index in [0.717, 1.165) is 0 Å². The van der Waals surface area contributed by atoms with Gasteiger partial charge >= 0.3 is 11.9 Å². The first-order valence-corrected chi connectivity index (χ1v) is 7.90. The third-order valence-corrected chi connectivity index (χ3v) is 4.16. The summed E-state index contributed by atoms with van der Waals surface area (Å²) in [6.07, 6.45) is -2.29. The Labute approximate surface area is 145 Å². The highest BCUT2D eigenvalue weighted by Crippen LogP contribution is 2.42. The topological polar surface area (TPSA) is 106 Å². The van der Waals surface area contributed by atoms with Crippen molar-refractivity contribution in [2.24, 2.45) is 5.73 Å². The van der Waals surface area contributed by atoms with Gasteiger partial charge in [0.1, 0.15) is 24.9 Å². The molecule has 4 atom stereocenters. The van der Waals surface area contributed by atoms with Crippen LogP contribution in [0.4, 0.5) is 0 Å². The van der Waals surface area contributed by atoms with Crippen LogP contribution in [0.25, 0.3) is 0 Å². The number of methoxy groups -OCH3 is 1. The van der Waals surface area contributed by atoms with Crippen molar-refractivity contribution in [3.63, 3.8) is 0 Å². The molecule has 1 aromatic carbocycles. The molecular formula is C17H21NO7. The van der Waals surface area contributed by atoms with Crippen LogP contribution in [0, 0.1) is 0 Å². The first-order valence-electron chi connectivity index (χ1n) is 7.90. The molecule has 0 aliphatic carbocycles. The van der Waals surface area contributed by atoms with Gasteiger partial charge in [-0.25, -0.2) is 9.59 Å². The van der Waals surface area contributed by atoms with Gasteiger partial charge in [0.15, 0.2) is 5.79 Å². The third-order valence-electron chi connectivity index (χ3n) is 4.16. The van der Waals surface area contributed by atoms with E-state index >= 15 is 0 Å². The van der Waals surface area contributed by atoms with E-state index in [9.17, 15) is 9.59 Å². The second kappa shape index (κ2) is 6.38. The standard InChI is InChI=1S/C17H21NO7/c1-16(2)24-12-11(9-22-14(19)10-7-5-4-6-8-10)23-17(18,13(12)25-16)15(20)21-3/h4-8,11-13H,9,18H2,1-3H3/t11-,12-,13-,17?/m1/s1. The van der Waals surface area contributed by atoms with Crippen LogP contribution in [-0.4, -0.2) is 55.5 Å². The summed E-state index contributed by atoms with van der Waals surface area (Å²) in [5.41, 5.74) is 4.67. The highest BCUT2D eigenvalue weighted by Gasteiger charge is 2.65. The van der Waals surface area contributed by atoms with Gasteiger partial charge < -0.3 is 23.7 Å². The first kappa shape index (κ1) is 17.8. The van der Waals surface area contributed by atoms with Crippen LogP contribution in [0.5, 0.6) is 0 Å². The van der Waals surface area contributed by atoms with Crippen LogP contribution in [0.2, 0.25) is 0 Å². The van der Waals surface area contributed by atoms with Crippen molar-refractivity contribution < 1.29 is 33.3 Å². The maximum atomic E-state index is 12.1. The molecule has 3 rings (SSSR count). The number of carbonyl (C=O) groups is 2. The number of carbonyl (C=O) groups excluding carboxylic acids is 2. The molecule has 2 saturated heterocycles. The summed E-state index contributed by atoms with van der Waals surface area (Å²) in [6.45, 7) is 3.27. The van der Waals surface area contributed by atoms with Gasteiger partial charge in [0, 0.05) is 0 Å². The third kappa shape index (κ3) is 3.25. The Balaban J connectivity index is 1.73. The first-order chi connectivity index (χ1) is 11.8. The molecule has 0 saturated carbocycles. The maximum Gasteiger partial charge on any atom is 0.356 e. The molecule has 2 aliphatic rings. The van der Waals surface area contributed by atoms with Crippen molar-refractivity contribution >= 4 is 11.9 Å². The molecule has 8 nitrogen and oxygen atoms in total. The fourth-order valence-electron chi connectivity index (χ4n) is 3.05. The van der Waals surface area contributed by atoms with E-state index in [0.29, 0.717) is 5.56 Å². The van der Waals surface area contributed by atoms with E-state index in [1.54, 1.807) is 44.2 Å². The molecule has 2 heterocycles. The SMILES string of the molecule is COC(=O)C1(N)O[C@H](COC(=O)c2ccccc2)[C@H]2OC(C)(C)O[C@H]21. The lowest BCUT2D eigenvalue weighted by Crippen LogP contribution is -2.58. The molecule has 1 aromatic rings. The summed E-state index contributed by atoms with van der Waals surface area (Å²) in [6, 6.07) is 8.54. The molecule has 0 amide bonds. The van der Waals surface area contributed by atoms with E-state index in [1.807, 2.05) is 0 Å². The summed E-state index contributed by atoms with van der Waals surface area (Å²) >= 11 is 0. The molecule has 0 bridgehead atoms. The Hall–Kier alpha value is -2.00. The summed E-state index contributed by atoms with van der Waals surface area (Å²) < 4.78 is 27.1. The number of fused-ring (bicyclic) bond motifs is 1. The van der Waals surface area contributed by atoms with Crippen LogP contribution in [-0.2, 0) is 28.5 Å². The van der Waals surface area contributed by atoms with Crippen LogP contribution in [0.3, 0.4) is 0 Å². The average molecular weight is 351 g/mol. The van der Waals surface area contributed by atoms with E-state index in [-0.39, 0.29) is 6.61 Å². The highest BCUT2D eigenvalue weighted by atomic mass is 16.8.